The summed E-state index contributed by atoms with van der Waals surface area (Å²) in [6, 6.07) is 8.93. The van der Waals surface area contributed by atoms with E-state index >= 15 is 0 Å². The molecule has 0 bridgehead atoms. The van der Waals surface area contributed by atoms with E-state index in [0.717, 1.165) is 71.2 Å². The van der Waals surface area contributed by atoms with Gasteiger partial charge in [-0.05, 0) is 86.6 Å². The van der Waals surface area contributed by atoms with Crippen molar-refractivity contribution < 1.29 is 18.9 Å². The molecule has 0 saturated carbocycles. The van der Waals surface area contributed by atoms with Gasteiger partial charge in [0.05, 0.1) is 29.6 Å². The Morgan fingerprint density at radius 1 is 1.09 bits per heavy atom. The van der Waals surface area contributed by atoms with Gasteiger partial charge in [-0.25, -0.2) is 4.98 Å². The number of hydrogen-bond donors (Lipinski definition) is 2. The van der Waals surface area contributed by atoms with Crippen molar-refractivity contribution in [3.63, 3.8) is 0 Å². The van der Waals surface area contributed by atoms with Crippen molar-refractivity contribution in [2.75, 3.05) is 82.5 Å². The number of hydrogen-bond acceptors (Lipinski definition) is 10. The number of methoxy groups -OCH3 is 2. The lowest BCUT2D eigenvalue weighted by atomic mass is 9.93. The number of anilines is 5. The van der Waals surface area contributed by atoms with Crippen LogP contribution >= 0.6 is 23.9 Å². The number of rotatable bonds is 10. The molecule has 2 saturated heterocycles. The molecule has 3 aliphatic heterocycles. The van der Waals surface area contributed by atoms with Crippen LogP contribution in [0.25, 0.3) is 0 Å². The SMILES string of the molecule is COCC1CN(C2CCN(c3cc(OC)c(Nc4ncc(Br)c(Nc5ccc6c(c5P(C)C)OC(C)(C)CO6)n4)cc3C)CC2)C1. The van der Waals surface area contributed by atoms with E-state index in [2.05, 4.69) is 73.7 Å². The summed E-state index contributed by atoms with van der Waals surface area (Å²) < 4.78 is 24.4. The van der Waals surface area contributed by atoms with Gasteiger partial charge in [0, 0.05) is 68.5 Å². The Bertz CT molecular complexity index is 1560. The zero-order valence-electron chi connectivity index (χ0n) is 27.9. The first-order valence-electron chi connectivity index (χ1n) is 15.9. The maximum atomic E-state index is 6.42. The summed E-state index contributed by atoms with van der Waals surface area (Å²) in [6.07, 6.45) is 4.10. The Kier molecular flexibility index (Phi) is 9.86. The highest BCUT2D eigenvalue weighted by atomic mass is 79.9. The van der Waals surface area contributed by atoms with E-state index in [1.807, 2.05) is 26.0 Å². The lowest BCUT2D eigenvalue weighted by molar-refractivity contribution is -0.000666. The zero-order valence-corrected chi connectivity index (χ0v) is 30.4. The van der Waals surface area contributed by atoms with Crippen molar-refractivity contribution in [3.05, 3.63) is 40.5 Å². The van der Waals surface area contributed by atoms with Crippen LogP contribution in [-0.2, 0) is 4.74 Å². The van der Waals surface area contributed by atoms with Crippen molar-refractivity contribution in [3.8, 4) is 17.2 Å². The van der Waals surface area contributed by atoms with Gasteiger partial charge >= 0.3 is 0 Å². The first-order valence-corrected chi connectivity index (χ1v) is 19.0. The van der Waals surface area contributed by atoms with Crippen molar-refractivity contribution in [1.82, 2.24) is 14.9 Å². The molecule has 0 spiro atoms. The molecule has 3 aromatic rings. The Morgan fingerprint density at radius 2 is 1.85 bits per heavy atom. The van der Waals surface area contributed by atoms with E-state index in [-0.39, 0.29) is 0 Å². The molecule has 6 rings (SSSR count). The smallest absolute Gasteiger partial charge is 0.229 e. The highest BCUT2D eigenvalue weighted by Crippen LogP contribution is 2.44. The Morgan fingerprint density at radius 3 is 2.54 bits per heavy atom. The van der Waals surface area contributed by atoms with Gasteiger partial charge in [-0.2, -0.15) is 4.98 Å². The van der Waals surface area contributed by atoms with Crippen molar-refractivity contribution in [2.45, 2.75) is 45.3 Å². The second-order valence-corrected chi connectivity index (χ2v) is 16.4. The van der Waals surface area contributed by atoms with Crippen molar-refractivity contribution in [2.24, 2.45) is 5.92 Å². The molecule has 46 heavy (non-hydrogen) atoms. The predicted molar refractivity (Wildman–Crippen MR) is 191 cm³/mol. The first kappa shape index (κ1) is 33.1. The van der Waals surface area contributed by atoms with Gasteiger partial charge in [-0.3, -0.25) is 4.90 Å². The minimum atomic E-state index is -0.522. The van der Waals surface area contributed by atoms with Crippen LogP contribution in [0.5, 0.6) is 17.2 Å². The number of fused-ring (bicyclic) bond motifs is 1. The molecule has 0 unspecified atom stereocenters. The Hall–Kier alpha value is -2.85. The minimum Gasteiger partial charge on any atom is -0.494 e. The topological polar surface area (TPSA) is 93.2 Å². The summed E-state index contributed by atoms with van der Waals surface area (Å²) in [5.74, 6) is 4.15. The molecule has 2 aromatic carbocycles. The number of aromatic nitrogens is 2. The molecule has 2 fully saturated rings. The molecule has 2 N–H and O–H groups in total. The van der Waals surface area contributed by atoms with Gasteiger partial charge in [0.2, 0.25) is 5.95 Å². The van der Waals surface area contributed by atoms with Crippen molar-refractivity contribution >= 4 is 58.0 Å². The van der Waals surface area contributed by atoms with Gasteiger partial charge in [0.15, 0.2) is 11.5 Å². The fourth-order valence-corrected chi connectivity index (χ4v) is 8.10. The quantitative estimate of drug-likeness (QED) is 0.227. The molecule has 1 aromatic heterocycles. The first-order chi connectivity index (χ1) is 22.0. The summed E-state index contributed by atoms with van der Waals surface area (Å²) >= 11 is 3.65. The molecule has 248 valence electrons. The number of nitrogens with one attached hydrogen (secondary N) is 2. The lowest BCUT2D eigenvalue weighted by Gasteiger charge is -2.47. The molecule has 10 nitrogen and oxygen atoms in total. The fourth-order valence-electron chi connectivity index (χ4n) is 6.64. The second-order valence-electron chi connectivity index (χ2n) is 13.3. The fraction of sp³-hybridized carbons (Fsp3) is 0.529. The number of aryl methyl sites for hydroxylation is 1. The normalized spacial score (nSPS) is 18.4. The van der Waals surface area contributed by atoms with Gasteiger partial charge in [0.1, 0.15) is 23.8 Å². The van der Waals surface area contributed by atoms with Crippen LogP contribution in [-0.4, -0.2) is 93.5 Å². The third kappa shape index (κ3) is 7.03. The van der Waals surface area contributed by atoms with Crippen LogP contribution in [0.4, 0.5) is 28.8 Å². The molecule has 3 aliphatic rings. The summed E-state index contributed by atoms with van der Waals surface area (Å²) in [4.78, 5) is 14.5. The van der Waals surface area contributed by atoms with E-state index in [9.17, 15) is 0 Å². The third-order valence-electron chi connectivity index (χ3n) is 8.97. The predicted octanol–water partition coefficient (Wildman–Crippen LogP) is 6.51. The summed E-state index contributed by atoms with van der Waals surface area (Å²) in [5, 5.41) is 8.06. The number of halogens is 1. The second kappa shape index (κ2) is 13.7. The summed E-state index contributed by atoms with van der Waals surface area (Å²) in [7, 11) is 2.98. The molecule has 0 aliphatic carbocycles. The Labute approximate surface area is 282 Å². The lowest BCUT2D eigenvalue weighted by Crippen LogP contribution is -2.56. The van der Waals surface area contributed by atoms with Crippen LogP contribution in [0.1, 0.15) is 32.3 Å². The summed E-state index contributed by atoms with van der Waals surface area (Å²) in [5.41, 5.74) is 3.76. The van der Waals surface area contributed by atoms with Crippen LogP contribution in [0.2, 0.25) is 0 Å². The van der Waals surface area contributed by atoms with Crippen LogP contribution in [0, 0.1) is 12.8 Å². The average Bonchev–Trinajstić information content (AvgIpc) is 3.00. The molecule has 0 atom stereocenters. The van der Waals surface area contributed by atoms with E-state index in [1.165, 1.54) is 24.1 Å². The molecule has 0 amide bonds. The van der Waals surface area contributed by atoms with Crippen molar-refractivity contribution in [1.29, 1.82) is 0 Å². The molecular weight excluding hydrogens is 667 g/mol. The molecular formula is C34H46BrN6O4P. The van der Waals surface area contributed by atoms with Crippen LogP contribution < -0.4 is 35.0 Å². The number of ether oxygens (including phenoxy) is 4. The van der Waals surface area contributed by atoms with E-state index in [0.29, 0.717) is 30.3 Å². The van der Waals surface area contributed by atoms with E-state index in [4.69, 9.17) is 23.9 Å². The summed E-state index contributed by atoms with van der Waals surface area (Å²) in [6.45, 7) is 16.5. The minimum absolute atomic E-state index is 0.399. The largest absolute Gasteiger partial charge is 0.494 e. The van der Waals surface area contributed by atoms with Gasteiger partial charge in [0.25, 0.3) is 0 Å². The standard InChI is InChI=1S/C34H46BrN6O4P/c1-21-14-26(29(43-5)15-27(21)40-12-10-23(11-13-40)41-17-22(18-41)19-42-4)38-33-36-16-24(35)32(39-33)37-25-8-9-28-30(31(25)46(6)7)45-34(2,3)20-44-28/h8-9,14-16,22-23H,10-13,17-20H2,1-7H3,(H2,36,37,38,39). The highest BCUT2D eigenvalue weighted by Gasteiger charge is 2.35. The van der Waals surface area contributed by atoms with E-state index < -0.39 is 13.5 Å². The number of benzene rings is 2. The zero-order chi connectivity index (χ0) is 32.6. The average molecular weight is 714 g/mol. The van der Waals surface area contributed by atoms with E-state index in [1.54, 1.807) is 20.4 Å². The van der Waals surface area contributed by atoms with Gasteiger partial charge in [-0.1, -0.05) is 7.92 Å². The monoisotopic (exact) mass is 712 g/mol. The van der Waals surface area contributed by atoms with Gasteiger partial charge in [-0.15, -0.1) is 0 Å². The molecule has 4 heterocycles. The highest BCUT2D eigenvalue weighted by molar-refractivity contribution is 9.10. The maximum Gasteiger partial charge on any atom is 0.229 e. The Balaban J connectivity index is 1.17. The maximum absolute atomic E-state index is 6.42. The van der Waals surface area contributed by atoms with Crippen LogP contribution in [0.3, 0.4) is 0 Å². The molecule has 0 radical (unpaired) electrons. The van der Waals surface area contributed by atoms with Gasteiger partial charge < -0.3 is 34.5 Å². The molecule has 12 heteroatoms. The third-order valence-corrected chi connectivity index (χ3v) is 10.9. The number of nitrogens with zero attached hydrogens (tertiary/aromatic N) is 4. The number of likely N-dealkylation sites (tertiary alicyclic amines) is 1. The van der Waals surface area contributed by atoms with Crippen LogP contribution in [0.15, 0.2) is 34.9 Å². The number of piperidine rings is 1.